The topological polar surface area (TPSA) is 34.1 Å². The van der Waals surface area contributed by atoms with Crippen molar-refractivity contribution >= 4 is 23.2 Å². The number of carbonyl (C=O) groups is 2. The first-order chi connectivity index (χ1) is 12.2. The van der Waals surface area contributed by atoms with Crippen LogP contribution in [-0.2, 0) is 16.0 Å². The maximum Gasteiger partial charge on any atom is 0.153 e. The number of benzene rings is 2. The molecule has 2 aromatic carbocycles. The highest BCUT2D eigenvalue weighted by Crippen LogP contribution is 2.40. The van der Waals surface area contributed by atoms with Crippen LogP contribution in [0.1, 0.15) is 50.7 Å². The lowest BCUT2D eigenvalue weighted by Crippen LogP contribution is -2.39. The average Bonchev–Trinajstić information content (AvgIpc) is 2.59. The highest BCUT2D eigenvalue weighted by Gasteiger charge is 2.43. The Morgan fingerprint density at radius 3 is 2.54 bits per heavy atom. The summed E-state index contributed by atoms with van der Waals surface area (Å²) in [7, 11) is 0. The summed E-state index contributed by atoms with van der Waals surface area (Å²) in [5.41, 5.74) is 2.20. The van der Waals surface area contributed by atoms with E-state index in [2.05, 4.69) is 0 Å². The molecule has 0 bridgehead atoms. The first-order valence-corrected chi connectivity index (χ1v) is 9.27. The van der Waals surface area contributed by atoms with E-state index in [1.807, 2.05) is 32.9 Å². The minimum Gasteiger partial charge on any atom is -0.299 e. The van der Waals surface area contributed by atoms with Gasteiger partial charge in [0.05, 0.1) is 0 Å². The molecule has 0 amide bonds. The van der Waals surface area contributed by atoms with Gasteiger partial charge in [0.1, 0.15) is 17.5 Å². The molecule has 3 rings (SSSR count). The zero-order valence-corrected chi connectivity index (χ0v) is 16.0. The maximum absolute atomic E-state index is 14.4. The van der Waals surface area contributed by atoms with Crippen LogP contribution >= 0.6 is 11.6 Å². The van der Waals surface area contributed by atoms with Crippen LogP contribution in [0.15, 0.2) is 36.4 Å². The molecule has 1 unspecified atom stereocenters. The second kappa shape index (κ2) is 6.96. The molecule has 26 heavy (non-hydrogen) atoms. The van der Waals surface area contributed by atoms with E-state index in [0.29, 0.717) is 41.0 Å². The van der Waals surface area contributed by atoms with Crippen molar-refractivity contribution in [2.75, 3.05) is 0 Å². The summed E-state index contributed by atoms with van der Waals surface area (Å²) >= 11 is 5.85. The summed E-state index contributed by atoms with van der Waals surface area (Å²) in [5.74, 6) is -1.27. The molecule has 2 nitrogen and oxygen atoms in total. The van der Waals surface area contributed by atoms with Gasteiger partial charge in [0.25, 0.3) is 0 Å². The van der Waals surface area contributed by atoms with Crippen LogP contribution in [0.2, 0.25) is 5.02 Å². The van der Waals surface area contributed by atoms with Crippen molar-refractivity contribution in [3.8, 4) is 11.1 Å². The van der Waals surface area contributed by atoms with Crippen LogP contribution in [0.25, 0.3) is 11.1 Å². The number of hydrogen-bond acceptors (Lipinski definition) is 2. The lowest BCUT2D eigenvalue weighted by Gasteiger charge is -2.33. The molecule has 1 saturated carbocycles. The van der Waals surface area contributed by atoms with Gasteiger partial charge in [0.15, 0.2) is 5.78 Å². The number of rotatable bonds is 3. The average molecular weight is 373 g/mol. The second-order valence-electron chi connectivity index (χ2n) is 7.54. The minimum absolute atomic E-state index is 0.0437. The molecule has 0 spiro atoms. The van der Waals surface area contributed by atoms with Crippen molar-refractivity contribution < 1.29 is 14.0 Å². The van der Waals surface area contributed by atoms with Crippen molar-refractivity contribution in [3.05, 3.63) is 58.4 Å². The van der Waals surface area contributed by atoms with Gasteiger partial charge in [-0.05, 0) is 53.8 Å². The fourth-order valence-corrected chi connectivity index (χ4v) is 3.79. The molecule has 0 aliphatic heterocycles. The van der Waals surface area contributed by atoms with E-state index in [-0.39, 0.29) is 11.6 Å². The van der Waals surface area contributed by atoms with Gasteiger partial charge in [-0.3, -0.25) is 9.59 Å². The van der Waals surface area contributed by atoms with Gasteiger partial charge in [-0.2, -0.15) is 0 Å². The molecule has 0 heterocycles. The zero-order valence-electron chi connectivity index (χ0n) is 15.2. The van der Waals surface area contributed by atoms with Crippen molar-refractivity contribution in [1.82, 2.24) is 0 Å². The Morgan fingerprint density at radius 2 is 1.88 bits per heavy atom. The quantitative estimate of drug-likeness (QED) is 0.643. The van der Waals surface area contributed by atoms with E-state index in [1.165, 1.54) is 6.07 Å². The highest BCUT2D eigenvalue weighted by molar-refractivity contribution is 6.30. The first kappa shape index (κ1) is 18.8. The summed E-state index contributed by atoms with van der Waals surface area (Å²) < 4.78 is 14.4. The van der Waals surface area contributed by atoms with Crippen LogP contribution in [-0.4, -0.2) is 11.6 Å². The van der Waals surface area contributed by atoms with Gasteiger partial charge in [-0.15, -0.1) is 0 Å². The third-order valence-corrected chi connectivity index (χ3v) is 5.56. The molecule has 2 aromatic rings. The van der Waals surface area contributed by atoms with E-state index in [0.717, 1.165) is 5.56 Å². The lowest BCUT2D eigenvalue weighted by atomic mass is 9.67. The van der Waals surface area contributed by atoms with Gasteiger partial charge in [0.2, 0.25) is 0 Å². The van der Waals surface area contributed by atoms with Gasteiger partial charge in [-0.1, -0.05) is 44.5 Å². The van der Waals surface area contributed by atoms with Crippen LogP contribution in [0.5, 0.6) is 0 Å². The lowest BCUT2D eigenvalue weighted by molar-refractivity contribution is -0.139. The SMILES string of the molecule is CCc1ccc(-c2ccc(Cl)cc2F)cc1C1C(=O)CCC(C)(C)C1=O. The first-order valence-electron chi connectivity index (χ1n) is 8.90. The molecular weight excluding hydrogens is 351 g/mol. The van der Waals surface area contributed by atoms with Crippen molar-refractivity contribution in [1.29, 1.82) is 0 Å². The zero-order chi connectivity index (χ0) is 19.1. The monoisotopic (exact) mass is 372 g/mol. The number of halogens is 2. The van der Waals surface area contributed by atoms with Gasteiger partial charge >= 0.3 is 0 Å². The number of hydrogen-bond donors (Lipinski definition) is 0. The van der Waals surface area contributed by atoms with Crippen LogP contribution < -0.4 is 0 Å². The Bertz CT molecular complexity index is 886. The number of aryl methyl sites for hydroxylation is 1. The molecule has 136 valence electrons. The van der Waals surface area contributed by atoms with Crippen LogP contribution in [0.4, 0.5) is 4.39 Å². The Morgan fingerprint density at radius 1 is 1.15 bits per heavy atom. The molecule has 0 radical (unpaired) electrons. The van der Waals surface area contributed by atoms with Gasteiger partial charge < -0.3 is 0 Å². The van der Waals surface area contributed by atoms with Gasteiger partial charge in [0, 0.05) is 22.4 Å². The van der Waals surface area contributed by atoms with E-state index >= 15 is 0 Å². The summed E-state index contributed by atoms with van der Waals surface area (Å²) in [6, 6.07) is 10.0. The van der Waals surface area contributed by atoms with E-state index in [4.69, 9.17) is 11.6 Å². The Labute approximate surface area is 158 Å². The summed E-state index contributed by atoms with van der Waals surface area (Å²) in [6.07, 6.45) is 1.68. The van der Waals surface area contributed by atoms with Crippen LogP contribution in [0.3, 0.4) is 0 Å². The van der Waals surface area contributed by atoms with E-state index < -0.39 is 17.2 Å². The third kappa shape index (κ3) is 3.33. The third-order valence-electron chi connectivity index (χ3n) is 5.33. The summed E-state index contributed by atoms with van der Waals surface area (Å²) in [6.45, 7) is 5.77. The summed E-state index contributed by atoms with van der Waals surface area (Å²) in [5, 5.41) is 0.330. The van der Waals surface area contributed by atoms with Crippen molar-refractivity contribution in [3.63, 3.8) is 0 Å². The molecule has 0 saturated heterocycles. The van der Waals surface area contributed by atoms with Crippen molar-refractivity contribution in [2.24, 2.45) is 5.41 Å². The molecule has 1 aliphatic rings. The number of carbonyl (C=O) groups excluding carboxylic acids is 2. The summed E-state index contributed by atoms with van der Waals surface area (Å²) in [4.78, 5) is 25.6. The molecule has 1 aliphatic carbocycles. The Balaban J connectivity index is 2.14. The predicted molar refractivity (Wildman–Crippen MR) is 102 cm³/mol. The molecular formula is C22H22ClFO2. The second-order valence-corrected chi connectivity index (χ2v) is 7.98. The maximum atomic E-state index is 14.4. The number of ketones is 2. The molecule has 0 aromatic heterocycles. The molecule has 4 heteroatoms. The highest BCUT2D eigenvalue weighted by atomic mass is 35.5. The fraction of sp³-hybridized carbons (Fsp3) is 0.364. The van der Waals surface area contributed by atoms with Crippen LogP contribution in [0, 0.1) is 11.2 Å². The van der Waals surface area contributed by atoms with Crippen molar-refractivity contribution in [2.45, 2.75) is 46.0 Å². The molecule has 1 fully saturated rings. The number of Topliss-reactive ketones (excluding diaryl/α,β-unsaturated/α-hetero) is 2. The largest absolute Gasteiger partial charge is 0.299 e. The Kier molecular flexibility index (Phi) is 5.03. The van der Waals surface area contributed by atoms with E-state index in [1.54, 1.807) is 18.2 Å². The Hall–Kier alpha value is -2.00. The van der Waals surface area contributed by atoms with Gasteiger partial charge in [-0.25, -0.2) is 4.39 Å². The normalized spacial score (nSPS) is 19.7. The minimum atomic E-state index is -0.760. The standard InChI is InChI=1S/C22H22ClFO2/c1-4-13-5-6-14(16-8-7-15(23)12-18(16)24)11-17(13)20-19(25)9-10-22(2,3)21(20)26/h5-8,11-12,20H,4,9-10H2,1-3H3. The predicted octanol–water partition coefficient (Wildman–Crippen LogP) is 5.75. The molecule has 0 N–H and O–H groups in total. The fourth-order valence-electron chi connectivity index (χ4n) is 3.63. The molecule has 1 atom stereocenters. The smallest absolute Gasteiger partial charge is 0.153 e. The van der Waals surface area contributed by atoms with E-state index in [9.17, 15) is 14.0 Å².